The number of hydrogen-bond donors (Lipinski definition) is 1. The maximum Gasteiger partial charge on any atom is 0.275 e. The van der Waals surface area contributed by atoms with Crippen LogP contribution >= 0.6 is 0 Å². The average molecular weight is 190 g/mol. The summed E-state index contributed by atoms with van der Waals surface area (Å²) in [4.78, 5) is 1.96. The molecule has 0 aromatic heterocycles. The Kier molecular flexibility index (Phi) is 2.51. The fourth-order valence-corrected chi connectivity index (χ4v) is 2.33. The highest BCUT2D eigenvalue weighted by Crippen LogP contribution is 2.29. The molecule has 0 aliphatic carbocycles. The lowest BCUT2D eigenvalue weighted by molar-refractivity contribution is -0.0897. The Morgan fingerprint density at radius 1 is 1.23 bits per heavy atom. The Morgan fingerprint density at radius 2 is 1.92 bits per heavy atom. The fraction of sp³-hybridized carbons (Fsp3) is 1.00. The van der Waals surface area contributed by atoms with E-state index >= 15 is 0 Å². The van der Waals surface area contributed by atoms with Crippen molar-refractivity contribution in [2.75, 3.05) is 26.2 Å². The zero-order valence-corrected chi connectivity index (χ0v) is 7.73. The molecule has 2 aliphatic rings. The smallest absolute Gasteiger partial charge is 0.275 e. The highest BCUT2D eigenvalue weighted by molar-refractivity contribution is 4.92. The van der Waals surface area contributed by atoms with Crippen molar-refractivity contribution in [3.8, 4) is 0 Å². The van der Waals surface area contributed by atoms with Gasteiger partial charge in [0.25, 0.3) is 5.92 Å². The van der Waals surface area contributed by atoms with E-state index in [1.54, 1.807) is 0 Å². The molecule has 76 valence electrons. The van der Waals surface area contributed by atoms with Crippen LogP contribution in [0.1, 0.15) is 19.3 Å². The molecule has 2 nitrogen and oxygen atoms in total. The topological polar surface area (TPSA) is 15.3 Å². The molecule has 1 N–H and O–H groups in total. The molecule has 2 heterocycles. The molecule has 2 aliphatic heterocycles. The van der Waals surface area contributed by atoms with Gasteiger partial charge in [-0.15, -0.1) is 0 Å². The van der Waals surface area contributed by atoms with Crippen LogP contribution in [0.15, 0.2) is 0 Å². The number of nitrogens with one attached hydrogen (secondary N) is 1. The number of hydrogen-bond acceptors (Lipinski definition) is 2. The molecule has 0 aromatic carbocycles. The lowest BCUT2D eigenvalue weighted by Gasteiger charge is -2.37. The number of likely N-dealkylation sites (tertiary alicyclic amines) is 1. The molecule has 4 heteroatoms. The van der Waals surface area contributed by atoms with Gasteiger partial charge in [0.1, 0.15) is 0 Å². The molecule has 0 saturated carbocycles. The standard InChI is InChI=1S/C9H16F2N2/c10-9(11)7-12-4-3-8(9)13-5-1-2-6-13/h8,12H,1-7H2. The molecule has 0 amide bonds. The van der Waals surface area contributed by atoms with E-state index in [1.807, 2.05) is 4.90 Å². The van der Waals surface area contributed by atoms with Crippen molar-refractivity contribution in [3.63, 3.8) is 0 Å². The third-order valence-corrected chi connectivity index (χ3v) is 3.02. The third-order valence-electron chi connectivity index (χ3n) is 3.02. The van der Waals surface area contributed by atoms with E-state index < -0.39 is 12.0 Å². The van der Waals surface area contributed by atoms with Gasteiger partial charge in [-0.05, 0) is 38.9 Å². The minimum atomic E-state index is -2.53. The number of alkyl halides is 2. The minimum Gasteiger partial charge on any atom is -0.311 e. The highest BCUT2D eigenvalue weighted by Gasteiger charge is 2.45. The van der Waals surface area contributed by atoms with Gasteiger partial charge in [-0.1, -0.05) is 0 Å². The quantitative estimate of drug-likeness (QED) is 0.665. The summed E-state index contributed by atoms with van der Waals surface area (Å²) in [7, 11) is 0. The van der Waals surface area contributed by atoms with Crippen molar-refractivity contribution < 1.29 is 8.78 Å². The summed E-state index contributed by atoms with van der Waals surface area (Å²) in [5, 5.41) is 2.75. The second kappa shape index (κ2) is 3.50. The Morgan fingerprint density at radius 3 is 2.54 bits per heavy atom. The predicted octanol–water partition coefficient (Wildman–Crippen LogP) is 1.08. The van der Waals surface area contributed by atoms with Crippen LogP contribution in [0.2, 0.25) is 0 Å². The van der Waals surface area contributed by atoms with Gasteiger partial charge in [0.15, 0.2) is 0 Å². The van der Waals surface area contributed by atoms with Crippen LogP contribution in [0, 0.1) is 0 Å². The maximum atomic E-state index is 13.4. The summed E-state index contributed by atoms with van der Waals surface area (Å²) in [6.07, 6.45) is 2.76. The van der Waals surface area contributed by atoms with Gasteiger partial charge >= 0.3 is 0 Å². The number of rotatable bonds is 1. The first-order valence-electron chi connectivity index (χ1n) is 5.03. The lowest BCUT2D eigenvalue weighted by Crippen LogP contribution is -2.56. The molecule has 13 heavy (non-hydrogen) atoms. The normalized spacial score (nSPS) is 35.1. The first-order valence-corrected chi connectivity index (χ1v) is 5.03. The molecule has 0 spiro atoms. The number of nitrogens with zero attached hydrogens (tertiary/aromatic N) is 1. The van der Waals surface area contributed by atoms with Crippen molar-refractivity contribution in [1.82, 2.24) is 10.2 Å². The number of piperidine rings is 1. The van der Waals surface area contributed by atoms with Crippen molar-refractivity contribution in [2.45, 2.75) is 31.2 Å². The maximum absolute atomic E-state index is 13.4. The van der Waals surface area contributed by atoms with Crippen LogP contribution in [0.25, 0.3) is 0 Å². The van der Waals surface area contributed by atoms with E-state index in [4.69, 9.17) is 0 Å². The molecular formula is C9H16F2N2. The van der Waals surface area contributed by atoms with Crippen LogP contribution in [0.3, 0.4) is 0 Å². The van der Waals surface area contributed by atoms with E-state index in [0.717, 1.165) is 32.5 Å². The van der Waals surface area contributed by atoms with Gasteiger partial charge in [0.2, 0.25) is 0 Å². The number of halogens is 2. The van der Waals surface area contributed by atoms with Crippen LogP contribution in [-0.4, -0.2) is 43.0 Å². The first kappa shape index (κ1) is 9.34. The summed E-state index contributed by atoms with van der Waals surface area (Å²) in [5.74, 6) is -2.53. The predicted molar refractivity (Wildman–Crippen MR) is 47.0 cm³/mol. The second-order valence-corrected chi connectivity index (χ2v) is 3.99. The summed E-state index contributed by atoms with van der Waals surface area (Å²) in [6, 6.07) is -0.503. The van der Waals surface area contributed by atoms with E-state index in [0.29, 0.717) is 6.42 Å². The van der Waals surface area contributed by atoms with Gasteiger partial charge in [0.05, 0.1) is 12.6 Å². The molecule has 1 atom stereocenters. The third kappa shape index (κ3) is 1.83. The molecule has 0 aromatic rings. The van der Waals surface area contributed by atoms with Crippen LogP contribution in [0.4, 0.5) is 8.78 Å². The zero-order chi connectivity index (χ0) is 9.31. The monoisotopic (exact) mass is 190 g/mol. The molecule has 2 rings (SSSR count). The van der Waals surface area contributed by atoms with Crippen molar-refractivity contribution in [1.29, 1.82) is 0 Å². The summed E-state index contributed by atoms with van der Waals surface area (Å²) < 4.78 is 26.8. The highest BCUT2D eigenvalue weighted by atomic mass is 19.3. The second-order valence-electron chi connectivity index (χ2n) is 3.99. The minimum absolute atomic E-state index is 0.145. The lowest BCUT2D eigenvalue weighted by atomic mass is 10.0. The average Bonchev–Trinajstić information content (AvgIpc) is 2.55. The van der Waals surface area contributed by atoms with E-state index in [-0.39, 0.29) is 6.54 Å². The Bertz CT molecular complexity index is 178. The molecule has 1 unspecified atom stereocenters. The molecule has 2 fully saturated rings. The summed E-state index contributed by atoms with van der Waals surface area (Å²) in [6.45, 7) is 2.31. The molecule has 0 radical (unpaired) electrons. The van der Waals surface area contributed by atoms with Gasteiger partial charge in [-0.3, -0.25) is 4.90 Å². The summed E-state index contributed by atoms with van der Waals surface area (Å²) >= 11 is 0. The van der Waals surface area contributed by atoms with Crippen molar-refractivity contribution in [3.05, 3.63) is 0 Å². The van der Waals surface area contributed by atoms with Gasteiger partial charge in [0, 0.05) is 0 Å². The largest absolute Gasteiger partial charge is 0.311 e. The van der Waals surface area contributed by atoms with Gasteiger partial charge < -0.3 is 5.32 Å². The molecule has 2 saturated heterocycles. The molecule has 0 bridgehead atoms. The van der Waals surface area contributed by atoms with E-state index in [2.05, 4.69) is 5.32 Å². The Labute approximate surface area is 77.3 Å². The van der Waals surface area contributed by atoms with Gasteiger partial charge in [-0.2, -0.15) is 0 Å². The summed E-state index contributed by atoms with van der Waals surface area (Å²) in [5.41, 5.74) is 0. The van der Waals surface area contributed by atoms with E-state index in [9.17, 15) is 8.78 Å². The SMILES string of the molecule is FC1(F)CNCCC1N1CCCC1. The van der Waals surface area contributed by atoms with Gasteiger partial charge in [-0.25, -0.2) is 8.78 Å². The van der Waals surface area contributed by atoms with E-state index in [1.165, 1.54) is 0 Å². The van der Waals surface area contributed by atoms with Crippen molar-refractivity contribution >= 4 is 0 Å². The van der Waals surface area contributed by atoms with Crippen molar-refractivity contribution in [2.24, 2.45) is 0 Å². The molecular weight excluding hydrogens is 174 g/mol. The van der Waals surface area contributed by atoms with Crippen LogP contribution in [0.5, 0.6) is 0 Å². The Hall–Kier alpha value is -0.220. The Balaban J connectivity index is 2.02. The van der Waals surface area contributed by atoms with Crippen LogP contribution < -0.4 is 5.32 Å². The first-order chi connectivity index (χ1) is 6.20. The fourth-order valence-electron chi connectivity index (χ4n) is 2.33. The zero-order valence-electron chi connectivity index (χ0n) is 7.73. The van der Waals surface area contributed by atoms with Crippen LogP contribution in [-0.2, 0) is 0 Å².